The van der Waals surface area contributed by atoms with Crippen LogP contribution >= 0.6 is 0 Å². The van der Waals surface area contributed by atoms with Crippen LogP contribution in [0.2, 0.25) is 0 Å². The number of imidazole rings is 1. The summed E-state index contributed by atoms with van der Waals surface area (Å²) < 4.78 is 2.33. The lowest BCUT2D eigenvalue weighted by atomic mass is 10.0. The van der Waals surface area contributed by atoms with Gasteiger partial charge in [0.1, 0.15) is 5.82 Å². The molecular formula is C16H20N2. The molecule has 1 aromatic heterocycles. The number of fused-ring (bicyclic) bond motifs is 1. The average Bonchev–Trinajstić information content (AvgIpc) is 2.70. The van der Waals surface area contributed by atoms with Crippen molar-refractivity contribution in [2.24, 2.45) is 5.92 Å². The van der Waals surface area contributed by atoms with Crippen LogP contribution in [-0.4, -0.2) is 9.55 Å². The Bertz CT molecular complexity index is 561. The molecule has 18 heavy (non-hydrogen) atoms. The van der Waals surface area contributed by atoms with Crippen LogP contribution < -0.4 is 0 Å². The molecule has 0 bridgehead atoms. The summed E-state index contributed by atoms with van der Waals surface area (Å²) >= 11 is 0. The van der Waals surface area contributed by atoms with E-state index in [0.717, 1.165) is 24.6 Å². The molecule has 2 heterocycles. The van der Waals surface area contributed by atoms with Crippen LogP contribution in [0.15, 0.2) is 24.4 Å². The second-order valence-electron chi connectivity index (χ2n) is 5.71. The summed E-state index contributed by atoms with van der Waals surface area (Å²) in [5.74, 6) is 2.03. The first-order valence-electron chi connectivity index (χ1n) is 6.76. The third-order valence-corrected chi connectivity index (χ3v) is 3.75. The van der Waals surface area contributed by atoms with E-state index in [1.807, 2.05) is 0 Å². The van der Waals surface area contributed by atoms with E-state index in [4.69, 9.17) is 4.98 Å². The summed E-state index contributed by atoms with van der Waals surface area (Å²) in [5.41, 5.74) is 5.00. The van der Waals surface area contributed by atoms with Gasteiger partial charge in [-0.05, 0) is 38.3 Å². The lowest BCUT2D eigenvalue weighted by Crippen LogP contribution is -2.17. The number of benzene rings is 1. The summed E-state index contributed by atoms with van der Waals surface area (Å²) in [5, 5.41) is 0. The topological polar surface area (TPSA) is 17.8 Å². The molecule has 2 aromatic rings. The van der Waals surface area contributed by atoms with Crippen molar-refractivity contribution in [3.8, 4) is 11.3 Å². The maximum Gasteiger partial charge on any atom is 0.109 e. The number of hydrogen-bond acceptors (Lipinski definition) is 1. The van der Waals surface area contributed by atoms with Gasteiger partial charge < -0.3 is 4.57 Å². The Morgan fingerprint density at radius 1 is 1.17 bits per heavy atom. The fraction of sp³-hybridized carbons (Fsp3) is 0.438. The van der Waals surface area contributed by atoms with Crippen molar-refractivity contribution >= 4 is 0 Å². The zero-order valence-electron chi connectivity index (χ0n) is 11.4. The van der Waals surface area contributed by atoms with E-state index >= 15 is 0 Å². The Morgan fingerprint density at radius 2 is 1.89 bits per heavy atom. The van der Waals surface area contributed by atoms with Crippen LogP contribution in [0.25, 0.3) is 11.3 Å². The number of nitrogens with zero attached hydrogens (tertiary/aromatic N) is 2. The molecule has 0 radical (unpaired) electrons. The molecule has 0 N–H and O–H groups in total. The van der Waals surface area contributed by atoms with Gasteiger partial charge in [0.05, 0.1) is 5.69 Å². The van der Waals surface area contributed by atoms with Gasteiger partial charge in [0, 0.05) is 24.7 Å². The third-order valence-electron chi connectivity index (χ3n) is 3.75. The lowest BCUT2D eigenvalue weighted by molar-refractivity contribution is 0.394. The molecule has 1 unspecified atom stereocenters. The van der Waals surface area contributed by atoms with E-state index in [0.29, 0.717) is 0 Å². The third kappa shape index (κ3) is 2.07. The van der Waals surface area contributed by atoms with Crippen LogP contribution in [0, 0.1) is 19.8 Å². The first kappa shape index (κ1) is 11.5. The molecule has 2 nitrogen and oxygen atoms in total. The normalized spacial score (nSPS) is 18.7. The molecule has 0 spiro atoms. The highest BCUT2D eigenvalue weighted by Gasteiger charge is 2.17. The van der Waals surface area contributed by atoms with E-state index in [1.54, 1.807) is 0 Å². The zero-order valence-corrected chi connectivity index (χ0v) is 11.4. The maximum absolute atomic E-state index is 4.80. The van der Waals surface area contributed by atoms with Gasteiger partial charge in [-0.25, -0.2) is 4.98 Å². The van der Waals surface area contributed by atoms with Crippen molar-refractivity contribution in [3.05, 3.63) is 41.3 Å². The lowest BCUT2D eigenvalue weighted by Gasteiger charge is -2.19. The Labute approximate surface area is 109 Å². The highest BCUT2D eigenvalue weighted by atomic mass is 15.1. The van der Waals surface area contributed by atoms with Gasteiger partial charge in [-0.15, -0.1) is 0 Å². The molecule has 3 rings (SSSR count). The highest BCUT2D eigenvalue weighted by Crippen LogP contribution is 2.26. The fourth-order valence-electron chi connectivity index (χ4n) is 2.88. The first-order valence-corrected chi connectivity index (χ1v) is 6.76. The Morgan fingerprint density at radius 3 is 2.61 bits per heavy atom. The predicted molar refractivity (Wildman–Crippen MR) is 74.6 cm³/mol. The summed E-state index contributed by atoms with van der Waals surface area (Å²) in [6.07, 6.45) is 4.61. The van der Waals surface area contributed by atoms with Gasteiger partial charge >= 0.3 is 0 Å². The summed E-state index contributed by atoms with van der Waals surface area (Å²) in [7, 11) is 0. The van der Waals surface area contributed by atoms with Crippen LogP contribution in [0.5, 0.6) is 0 Å². The van der Waals surface area contributed by atoms with Crippen molar-refractivity contribution in [3.63, 3.8) is 0 Å². The molecule has 1 atom stereocenters. The van der Waals surface area contributed by atoms with Crippen LogP contribution in [0.1, 0.15) is 30.3 Å². The number of hydrogen-bond donors (Lipinski definition) is 0. The molecule has 1 aliphatic heterocycles. The Hall–Kier alpha value is -1.57. The van der Waals surface area contributed by atoms with E-state index in [1.165, 1.54) is 28.9 Å². The van der Waals surface area contributed by atoms with E-state index in [-0.39, 0.29) is 0 Å². The average molecular weight is 240 g/mol. The van der Waals surface area contributed by atoms with Gasteiger partial charge in [0.25, 0.3) is 0 Å². The smallest absolute Gasteiger partial charge is 0.109 e. The molecule has 2 heteroatoms. The van der Waals surface area contributed by atoms with Gasteiger partial charge in [0.15, 0.2) is 0 Å². The first-order chi connectivity index (χ1) is 8.61. The maximum atomic E-state index is 4.80. The number of rotatable bonds is 1. The molecule has 0 amide bonds. The van der Waals surface area contributed by atoms with E-state index in [9.17, 15) is 0 Å². The SMILES string of the molecule is Cc1cc(C)cc(-c2cn3c(n2)CCC(C)C3)c1. The van der Waals surface area contributed by atoms with Gasteiger partial charge in [-0.1, -0.05) is 24.1 Å². The number of aryl methyl sites for hydroxylation is 3. The molecule has 0 saturated heterocycles. The molecule has 0 fully saturated rings. The minimum atomic E-state index is 0.777. The molecule has 0 saturated carbocycles. The van der Waals surface area contributed by atoms with Crippen molar-refractivity contribution < 1.29 is 0 Å². The summed E-state index contributed by atoms with van der Waals surface area (Å²) in [4.78, 5) is 4.80. The molecule has 0 aliphatic carbocycles. The molecular weight excluding hydrogens is 220 g/mol. The predicted octanol–water partition coefficient (Wildman–Crippen LogP) is 3.75. The Balaban J connectivity index is 2.02. The highest BCUT2D eigenvalue weighted by molar-refractivity contribution is 5.61. The summed E-state index contributed by atoms with van der Waals surface area (Å²) in [6.45, 7) is 7.73. The second kappa shape index (κ2) is 4.27. The van der Waals surface area contributed by atoms with Gasteiger partial charge in [0.2, 0.25) is 0 Å². The van der Waals surface area contributed by atoms with Crippen LogP contribution in [0.4, 0.5) is 0 Å². The molecule has 94 valence electrons. The van der Waals surface area contributed by atoms with Crippen molar-refractivity contribution in [1.29, 1.82) is 0 Å². The van der Waals surface area contributed by atoms with Gasteiger partial charge in [-0.3, -0.25) is 0 Å². The minimum Gasteiger partial charge on any atom is -0.334 e. The fourth-order valence-corrected chi connectivity index (χ4v) is 2.88. The zero-order chi connectivity index (χ0) is 12.7. The van der Waals surface area contributed by atoms with Crippen molar-refractivity contribution in [1.82, 2.24) is 9.55 Å². The molecule has 1 aliphatic rings. The molecule has 1 aromatic carbocycles. The Kier molecular flexibility index (Phi) is 2.73. The summed E-state index contributed by atoms with van der Waals surface area (Å²) in [6, 6.07) is 6.66. The van der Waals surface area contributed by atoms with E-state index in [2.05, 4.69) is 49.7 Å². The van der Waals surface area contributed by atoms with Gasteiger partial charge in [-0.2, -0.15) is 0 Å². The van der Waals surface area contributed by atoms with E-state index < -0.39 is 0 Å². The minimum absolute atomic E-state index is 0.777. The van der Waals surface area contributed by atoms with Crippen LogP contribution in [0.3, 0.4) is 0 Å². The number of aromatic nitrogens is 2. The second-order valence-corrected chi connectivity index (χ2v) is 5.71. The standard InChI is InChI=1S/C16H20N2/c1-11-4-5-16-17-15(10-18(16)9-11)14-7-12(2)6-13(3)8-14/h6-8,10-11H,4-5,9H2,1-3H3. The van der Waals surface area contributed by atoms with Crippen LogP contribution in [-0.2, 0) is 13.0 Å². The monoisotopic (exact) mass is 240 g/mol. The largest absolute Gasteiger partial charge is 0.334 e. The quantitative estimate of drug-likeness (QED) is 0.742. The van der Waals surface area contributed by atoms with Crippen molar-refractivity contribution in [2.45, 2.75) is 40.2 Å². The van der Waals surface area contributed by atoms with Crippen molar-refractivity contribution in [2.75, 3.05) is 0 Å².